The SMILES string of the molecule is CC1(C)CCN1c1ccc2nccc(C(=O)NCC(=O)N3CSCC3C#N)c2c1. The third-order valence-electron chi connectivity index (χ3n) is 5.71. The Morgan fingerprint density at radius 1 is 1.38 bits per heavy atom. The van der Waals surface area contributed by atoms with Crippen molar-refractivity contribution in [2.24, 2.45) is 0 Å². The van der Waals surface area contributed by atoms with Crippen molar-refractivity contribution in [3.63, 3.8) is 0 Å². The van der Waals surface area contributed by atoms with Crippen LogP contribution >= 0.6 is 11.8 Å². The van der Waals surface area contributed by atoms with E-state index in [4.69, 9.17) is 5.26 Å². The van der Waals surface area contributed by atoms with Crippen LogP contribution in [0.3, 0.4) is 0 Å². The van der Waals surface area contributed by atoms with E-state index in [1.165, 1.54) is 4.90 Å². The smallest absolute Gasteiger partial charge is 0.252 e. The van der Waals surface area contributed by atoms with Gasteiger partial charge in [0.05, 0.1) is 29.6 Å². The van der Waals surface area contributed by atoms with Crippen molar-refractivity contribution < 1.29 is 9.59 Å². The summed E-state index contributed by atoms with van der Waals surface area (Å²) in [5.41, 5.74) is 2.41. The Morgan fingerprint density at radius 3 is 2.90 bits per heavy atom. The molecule has 2 aliphatic rings. The Kier molecular flexibility index (Phi) is 5.09. The molecule has 0 bridgehead atoms. The highest BCUT2D eigenvalue weighted by Gasteiger charge is 2.36. The summed E-state index contributed by atoms with van der Waals surface area (Å²) in [6.07, 6.45) is 2.74. The molecule has 7 nitrogen and oxygen atoms in total. The third-order valence-corrected chi connectivity index (χ3v) is 6.72. The zero-order valence-corrected chi connectivity index (χ0v) is 17.3. The van der Waals surface area contributed by atoms with E-state index in [9.17, 15) is 9.59 Å². The van der Waals surface area contributed by atoms with E-state index in [0.717, 1.165) is 29.6 Å². The molecular weight excluding hydrogens is 386 g/mol. The Hall–Kier alpha value is -2.79. The number of benzene rings is 1. The van der Waals surface area contributed by atoms with Crippen LogP contribution in [0.1, 0.15) is 30.6 Å². The van der Waals surface area contributed by atoms with E-state index in [1.54, 1.807) is 24.0 Å². The number of hydrogen-bond acceptors (Lipinski definition) is 6. The van der Waals surface area contributed by atoms with E-state index in [-0.39, 0.29) is 23.9 Å². The van der Waals surface area contributed by atoms with Crippen LogP contribution in [0.25, 0.3) is 10.9 Å². The maximum absolute atomic E-state index is 12.8. The number of aromatic nitrogens is 1. The lowest BCUT2D eigenvalue weighted by molar-refractivity contribution is -0.129. The zero-order valence-electron chi connectivity index (χ0n) is 16.5. The molecule has 29 heavy (non-hydrogen) atoms. The number of thioether (sulfide) groups is 1. The van der Waals surface area contributed by atoms with E-state index in [1.807, 2.05) is 18.2 Å². The van der Waals surface area contributed by atoms with E-state index in [2.05, 4.69) is 35.1 Å². The van der Waals surface area contributed by atoms with Crippen molar-refractivity contribution in [1.82, 2.24) is 15.2 Å². The number of nitrogens with zero attached hydrogens (tertiary/aromatic N) is 4. The molecule has 2 aliphatic heterocycles. The average Bonchev–Trinajstić information content (AvgIpc) is 3.19. The van der Waals surface area contributed by atoms with Crippen LogP contribution in [0.4, 0.5) is 5.69 Å². The maximum Gasteiger partial charge on any atom is 0.252 e. The second kappa shape index (κ2) is 7.56. The number of hydrogen-bond donors (Lipinski definition) is 1. The molecule has 1 atom stereocenters. The zero-order chi connectivity index (χ0) is 20.6. The average molecular weight is 410 g/mol. The van der Waals surface area contributed by atoms with Crippen LogP contribution in [-0.4, -0.2) is 58.0 Å². The van der Waals surface area contributed by atoms with Crippen molar-refractivity contribution in [3.05, 3.63) is 36.0 Å². The fourth-order valence-electron chi connectivity index (χ4n) is 3.80. The minimum Gasteiger partial charge on any atom is -0.366 e. The first-order valence-corrected chi connectivity index (χ1v) is 10.8. The lowest BCUT2D eigenvalue weighted by atomic mass is 9.88. The molecule has 2 amide bonds. The fraction of sp³-hybridized carbons (Fsp3) is 0.429. The maximum atomic E-state index is 12.8. The predicted molar refractivity (Wildman–Crippen MR) is 114 cm³/mol. The largest absolute Gasteiger partial charge is 0.366 e. The molecule has 4 rings (SSSR count). The van der Waals surface area contributed by atoms with Gasteiger partial charge in [-0.2, -0.15) is 5.26 Å². The molecule has 0 spiro atoms. The Labute approximate surface area is 174 Å². The summed E-state index contributed by atoms with van der Waals surface area (Å²) in [6.45, 7) is 5.27. The molecule has 1 unspecified atom stereocenters. The molecule has 2 saturated heterocycles. The van der Waals surface area contributed by atoms with Crippen LogP contribution < -0.4 is 10.2 Å². The minimum absolute atomic E-state index is 0.107. The summed E-state index contributed by atoms with van der Waals surface area (Å²) in [5, 5.41) is 12.6. The highest BCUT2D eigenvalue weighted by molar-refractivity contribution is 7.99. The standard InChI is InChI=1S/C21H23N5O2S/c1-21(2)6-8-26(21)14-3-4-18-17(9-14)16(5-7-23-18)20(28)24-11-19(27)25-13-29-12-15(25)10-22/h3-5,7,9,15H,6,8,11-13H2,1-2H3,(H,24,28). The molecule has 2 fully saturated rings. The number of fused-ring (bicyclic) bond motifs is 1. The highest BCUT2D eigenvalue weighted by atomic mass is 32.2. The number of rotatable bonds is 4. The third kappa shape index (κ3) is 3.62. The van der Waals surface area contributed by atoms with Crippen molar-refractivity contribution >= 4 is 40.2 Å². The molecule has 150 valence electrons. The summed E-state index contributed by atoms with van der Waals surface area (Å²) >= 11 is 1.54. The topological polar surface area (TPSA) is 89.3 Å². The Bertz CT molecular complexity index is 1020. The number of carbonyl (C=O) groups is 2. The van der Waals surface area contributed by atoms with Gasteiger partial charge in [-0.05, 0) is 44.5 Å². The van der Waals surface area contributed by atoms with E-state index in [0.29, 0.717) is 17.2 Å². The van der Waals surface area contributed by atoms with Crippen LogP contribution in [0.2, 0.25) is 0 Å². The van der Waals surface area contributed by atoms with E-state index >= 15 is 0 Å². The number of nitrogens with one attached hydrogen (secondary N) is 1. The van der Waals surface area contributed by atoms with Crippen LogP contribution in [0.5, 0.6) is 0 Å². The van der Waals surface area contributed by atoms with Gasteiger partial charge in [0.25, 0.3) is 5.91 Å². The van der Waals surface area contributed by atoms with Gasteiger partial charge in [-0.3, -0.25) is 14.6 Å². The number of pyridine rings is 1. The summed E-state index contributed by atoms with van der Waals surface area (Å²) < 4.78 is 0. The monoisotopic (exact) mass is 409 g/mol. The highest BCUT2D eigenvalue weighted by Crippen LogP contribution is 2.36. The molecule has 1 aromatic carbocycles. The molecule has 3 heterocycles. The Balaban J connectivity index is 1.53. The fourth-order valence-corrected chi connectivity index (χ4v) is 4.90. The van der Waals surface area contributed by atoms with Gasteiger partial charge >= 0.3 is 0 Å². The molecule has 0 radical (unpaired) electrons. The molecule has 0 saturated carbocycles. The summed E-state index contributed by atoms with van der Waals surface area (Å²) in [4.78, 5) is 33.4. The molecule has 8 heteroatoms. The van der Waals surface area contributed by atoms with Crippen molar-refractivity contribution in [1.29, 1.82) is 5.26 Å². The van der Waals surface area contributed by atoms with Crippen molar-refractivity contribution in [2.45, 2.75) is 31.8 Å². The molecule has 0 aliphatic carbocycles. The molecule has 1 N–H and O–H groups in total. The van der Waals surface area contributed by atoms with Crippen LogP contribution in [0.15, 0.2) is 30.5 Å². The van der Waals surface area contributed by atoms with Gasteiger partial charge in [-0.1, -0.05) is 0 Å². The second-order valence-electron chi connectivity index (χ2n) is 7.97. The molecule has 1 aromatic heterocycles. The number of carbonyl (C=O) groups excluding carboxylic acids is 2. The quantitative estimate of drug-likeness (QED) is 0.834. The lowest BCUT2D eigenvalue weighted by Crippen LogP contribution is -2.56. The predicted octanol–water partition coefficient (Wildman–Crippen LogP) is 2.38. The van der Waals surface area contributed by atoms with Gasteiger partial charge in [-0.25, -0.2) is 0 Å². The minimum atomic E-state index is -0.423. The number of anilines is 1. The van der Waals surface area contributed by atoms with Gasteiger partial charge in [0, 0.05) is 35.1 Å². The lowest BCUT2D eigenvalue weighted by Gasteiger charge is -2.50. The second-order valence-corrected chi connectivity index (χ2v) is 8.96. The van der Waals surface area contributed by atoms with Crippen molar-refractivity contribution in [3.8, 4) is 6.07 Å². The first kappa shape index (κ1) is 19.5. The first-order chi connectivity index (χ1) is 13.9. The summed E-state index contributed by atoms with van der Waals surface area (Å²) in [6, 6.07) is 9.36. The Morgan fingerprint density at radius 2 is 2.21 bits per heavy atom. The summed E-state index contributed by atoms with van der Waals surface area (Å²) in [5.74, 6) is 0.545. The van der Waals surface area contributed by atoms with Crippen LogP contribution in [0, 0.1) is 11.3 Å². The van der Waals surface area contributed by atoms with Gasteiger partial charge in [0.2, 0.25) is 5.91 Å². The van der Waals surface area contributed by atoms with Crippen LogP contribution in [-0.2, 0) is 4.79 Å². The first-order valence-electron chi connectivity index (χ1n) is 9.62. The normalized spacial score (nSPS) is 20.2. The summed E-state index contributed by atoms with van der Waals surface area (Å²) in [7, 11) is 0. The van der Waals surface area contributed by atoms with Gasteiger partial charge in [0.1, 0.15) is 6.04 Å². The van der Waals surface area contributed by atoms with Crippen molar-refractivity contribution in [2.75, 3.05) is 29.6 Å². The molecule has 2 aromatic rings. The van der Waals surface area contributed by atoms with Gasteiger partial charge in [0.15, 0.2) is 0 Å². The number of amides is 2. The van der Waals surface area contributed by atoms with Gasteiger partial charge in [-0.15, -0.1) is 11.8 Å². The number of nitriles is 1. The van der Waals surface area contributed by atoms with Gasteiger partial charge < -0.3 is 15.1 Å². The molecular formula is C21H23N5O2S. The van der Waals surface area contributed by atoms with E-state index < -0.39 is 6.04 Å².